The van der Waals surface area contributed by atoms with E-state index in [0.717, 1.165) is 67.9 Å². The Morgan fingerprint density at radius 3 is 1.42 bits per heavy atom. The molecule has 2 aliphatic carbocycles. The molecule has 0 amide bonds. The lowest BCUT2D eigenvalue weighted by Gasteiger charge is -2.17. The number of aliphatic hydroxyl groups excluding tert-OH is 2. The first-order valence-corrected chi connectivity index (χ1v) is 25.0. The van der Waals surface area contributed by atoms with E-state index in [1.165, 1.54) is 0 Å². The highest BCUT2D eigenvalue weighted by Gasteiger charge is 2.55. The highest BCUT2D eigenvalue weighted by Crippen LogP contribution is 2.52. The molecule has 4 fully saturated rings. The van der Waals surface area contributed by atoms with Gasteiger partial charge in [-0.25, -0.2) is 9.97 Å². The number of hydrogen-bond donors (Lipinski definition) is 5. The van der Waals surface area contributed by atoms with Crippen LogP contribution in [0.3, 0.4) is 0 Å². The number of likely N-dealkylation sites (tertiary alicyclic amines) is 2. The van der Waals surface area contributed by atoms with Crippen LogP contribution in [0.15, 0.2) is 94.5 Å². The number of carboxylic acid groups (broad SMARTS) is 1. The second kappa shape index (κ2) is 23.4. The third-order valence-corrected chi connectivity index (χ3v) is 14.5. The number of ketones is 1. The number of imidazole rings is 2. The summed E-state index contributed by atoms with van der Waals surface area (Å²) in [7, 11) is 0. The Bertz CT molecular complexity index is 2710. The molecule has 0 spiro atoms. The van der Waals surface area contributed by atoms with Crippen LogP contribution in [0.4, 0.5) is 0 Å². The van der Waals surface area contributed by atoms with Gasteiger partial charge in [0.2, 0.25) is 0 Å². The number of nitrogens with zero attached hydrogens (tertiary/aromatic N) is 8. The molecule has 0 bridgehead atoms. The maximum absolute atomic E-state index is 11.1. The Hall–Kier alpha value is -6.70. The second-order valence-electron chi connectivity index (χ2n) is 19.7. The largest absolute Gasteiger partial charge is 0.481 e. The molecule has 17 nitrogen and oxygen atoms in total. The molecule has 2 unspecified atom stereocenters. The fourth-order valence-electron chi connectivity index (χ4n) is 10.5. The summed E-state index contributed by atoms with van der Waals surface area (Å²) in [6.45, 7) is 11.7. The summed E-state index contributed by atoms with van der Waals surface area (Å²) in [5.41, 5.74) is 17.2. The number of piperidine rings is 2. The third-order valence-electron chi connectivity index (χ3n) is 14.5. The average molecular weight is 993 g/mol. The van der Waals surface area contributed by atoms with Gasteiger partial charge in [0.05, 0.1) is 12.1 Å². The van der Waals surface area contributed by atoms with E-state index >= 15 is 0 Å². The van der Waals surface area contributed by atoms with E-state index in [2.05, 4.69) is 53.8 Å². The fraction of sp³-hybridized carbons (Fsp3) is 0.464. The summed E-state index contributed by atoms with van der Waals surface area (Å²) in [6, 6.07) is 19.1. The van der Waals surface area contributed by atoms with E-state index in [9.17, 15) is 19.8 Å². The van der Waals surface area contributed by atoms with Gasteiger partial charge in [-0.3, -0.25) is 4.79 Å². The van der Waals surface area contributed by atoms with E-state index in [1.54, 1.807) is 45.6 Å². The molecule has 4 aliphatic rings. The van der Waals surface area contributed by atoms with E-state index in [4.69, 9.17) is 25.6 Å². The minimum absolute atomic E-state index is 0. The first-order chi connectivity index (χ1) is 34.9. The number of Topliss-reactive ketones (excluding diaryl/α,β-unsaturated/α-hetero) is 1. The number of hydrogen-bond acceptors (Lipinski definition) is 14. The third kappa shape index (κ3) is 12.4. The highest BCUT2D eigenvalue weighted by atomic mass is 16.5. The molecular weight excluding hydrogens is 925 g/mol. The molecule has 7 N–H and O–H groups in total. The predicted molar refractivity (Wildman–Crippen MR) is 275 cm³/mol. The van der Waals surface area contributed by atoms with Crippen LogP contribution in [0.25, 0.3) is 22.6 Å². The van der Waals surface area contributed by atoms with Crippen LogP contribution >= 0.6 is 0 Å². The summed E-state index contributed by atoms with van der Waals surface area (Å²) >= 11 is 0. The van der Waals surface area contributed by atoms with Crippen molar-refractivity contribution in [3.63, 3.8) is 0 Å². The Morgan fingerprint density at radius 1 is 0.671 bits per heavy atom. The van der Waals surface area contributed by atoms with Crippen molar-refractivity contribution in [3.8, 4) is 46.3 Å². The lowest BCUT2D eigenvalue weighted by atomic mass is 10.1. The van der Waals surface area contributed by atoms with Gasteiger partial charge in [-0.05, 0) is 119 Å². The van der Waals surface area contributed by atoms with Gasteiger partial charge in [-0.1, -0.05) is 41.4 Å². The zero-order valence-corrected chi connectivity index (χ0v) is 41.0. The molecule has 2 aliphatic heterocycles. The van der Waals surface area contributed by atoms with Crippen LogP contribution in [0.5, 0.6) is 0 Å². The smallest absolute Gasteiger partial charge is 0.303 e. The molecule has 6 aromatic rings. The minimum atomic E-state index is -0.724. The molecule has 384 valence electrons. The molecule has 73 heavy (non-hydrogen) atoms. The van der Waals surface area contributed by atoms with Gasteiger partial charge in [0.15, 0.2) is 11.5 Å². The first kappa shape index (κ1) is 52.6. The number of aliphatic carboxylic acids is 1. The van der Waals surface area contributed by atoms with Gasteiger partial charge in [-0.15, -0.1) is 0 Å². The van der Waals surface area contributed by atoms with Crippen molar-refractivity contribution in [1.29, 1.82) is 0 Å². The van der Waals surface area contributed by atoms with Gasteiger partial charge in [-0.2, -0.15) is 0 Å². The molecule has 17 heteroatoms. The number of carboxylic acids is 1. The lowest BCUT2D eigenvalue weighted by molar-refractivity contribution is -0.137. The number of carbonyl (C=O) groups excluding carboxylic acids is 1. The Labute approximate surface area is 426 Å². The second-order valence-corrected chi connectivity index (χ2v) is 19.7. The number of nitrogens with two attached hydrogens (primary N) is 2. The number of aromatic nitrogens is 6. The first-order valence-electron chi connectivity index (χ1n) is 25.0. The van der Waals surface area contributed by atoms with Crippen LogP contribution < -0.4 is 11.5 Å². The molecule has 10 rings (SSSR count). The van der Waals surface area contributed by atoms with Crippen molar-refractivity contribution in [1.82, 2.24) is 39.2 Å². The summed E-state index contributed by atoms with van der Waals surface area (Å²) in [4.78, 5) is 35.1. The number of fused-ring (bicyclic) bond motifs is 2. The van der Waals surface area contributed by atoms with Crippen molar-refractivity contribution < 1.29 is 34.0 Å². The van der Waals surface area contributed by atoms with Gasteiger partial charge in [0.25, 0.3) is 0 Å². The number of aliphatic hydroxyl groups is 2. The Balaban J connectivity index is 0.000000192. The highest BCUT2D eigenvalue weighted by molar-refractivity contribution is 5.75. The quantitative estimate of drug-likeness (QED) is 0.0602. The van der Waals surface area contributed by atoms with Crippen molar-refractivity contribution in [3.05, 3.63) is 120 Å². The van der Waals surface area contributed by atoms with Crippen molar-refractivity contribution in [2.45, 2.75) is 78.2 Å². The molecular formula is C56H68N10O7. The van der Waals surface area contributed by atoms with Gasteiger partial charge in [0.1, 0.15) is 41.0 Å². The summed E-state index contributed by atoms with van der Waals surface area (Å²) in [5, 5.41) is 37.2. The fourth-order valence-corrected chi connectivity index (χ4v) is 10.5. The zero-order valence-electron chi connectivity index (χ0n) is 41.0. The van der Waals surface area contributed by atoms with Gasteiger partial charge < -0.3 is 59.6 Å². The van der Waals surface area contributed by atoms with Crippen molar-refractivity contribution in [2.24, 2.45) is 47.0 Å². The number of carbonyl (C=O) groups is 2. The van der Waals surface area contributed by atoms with E-state index in [0.29, 0.717) is 96.0 Å². The lowest BCUT2D eigenvalue weighted by Crippen LogP contribution is -2.25. The maximum Gasteiger partial charge on any atom is 0.303 e. The predicted octanol–water partition coefficient (Wildman–Crippen LogP) is 6.21. The van der Waals surface area contributed by atoms with Crippen LogP contribution in [0.1, 0.15) is 112 Å². The molecule has 10 atom stereocenters. The zero-order chi connectivity index (χ0) is 50.5. The van der Waals surface area contributed by atoms with Crippen LogP contribution in [-0.4, -0.2) is 119 Å². The molecule has 2 saturated heterocycles. The van der Waals surface area contributed by atoms with E-state index in [1.807, 2.05) is 69.8 Å². The monoisotopic (exact) mass is 993 g/mol. The van der Waals surface area contributed by atoms with Crippen molar-refractivity contribution in [2.75, 3.05) is 52.4 Å². The topological polar surface area (TPSA) is 241 Å². The van der Waals surface area contributed by atoms with Crippen molar-refractivity contribution >= 4 is 11.8 Å². The average Bonchev–Trinajstić information content (AvgIpc) is 4.03. The van der Waals surface area contributed by atoms with E-state index in [-0.39, 0.29) is 31.7 Å². The molecule has 2 aromatic carbocycles. The van der Waals surface area contributed by atoms with E-state index < -0.39 is 18.2 Å². The molecule has 2 saturated carbocycles. The SMILES string of the molecule is C.CC(=O)CCCN1C[C@@H]2C(C#Cc3ccc(-c4cc([C@@H](CN)n5ccnc5[C@H](C)O)no4)cc3)[C@@H]2C1.C[C@H](O)c1nccn1[C@H](CN)c1cc(-c2ccc(C#CC3[C@H]4CN(CCCC(=O)O)C[C@@H]34)cc2)on1. The molecule has 4 aromatic heterocycles. The van der Waals surface area contributed by atoms with Crippen LogP contribution in [0.2, 0.25) is 0 Å². The van der Waals surface area contributed by atoms with Gasteiger partial charge >= 0.3 is 5.97 Å². The normalized spacial score (nSPS) is 22.2. The Kier molecular flexibility index (Phi) is 16.9. The van der Waals surface area contributed by atoms with Gasteiger partial charge in [0, 0.05) is 123 Å². The summed E-state index contributed by atoms with van der Waals surface area (Å²) < 4.78 is 14.9. The number of rotatable bonds is 18. The standard InChI is InChI=1S/C28H33N5O3.C27H31N5O4.CH4/c1-18(34)4-3-12-32-16-23-22(24(23)17-32)10-7-20-5-8-21(9-6-20)27-14-25(31-36-27)26(15-29)33-13-11-30-28(33)19(2)35;1-17(33)27-29-10-12-32(27)24(14-28)23-13-25(36-30-23)19-7-4-18(5-8-19)6-9-20-21-15-31(16-22(20)21)11-2-3-26(34)35;/h5-6,8-9,11,13-14,19,22-24,26,35H,3-4,12,15-17,29H2,1-2H3;4-5,7-8,10,12-13,17,20-22,24,33H,2-3,11,14-16,28H2,1H3,(H,34,35);1H4/t19-,22?,23-,24+,26+;17-,20?,21-,22+,24+;/m00./s1. The molecule has 0 radical (unpaired) electrons. The summed E-state index contributed by atoms with van der Waals surface area (Å²) in [5.74, 6) is 19.0. The maximum atomic E-state index is 11.1. The molecule has 6 heterocycles. The number of benzene rings is 2. The minimum Gasteiger partial charge on any atom is -0.481 e. The summed E-state index contributed by atoms with van der Waals surface area (Å²) in [6.07, 6.45) is 8.03. The van der Waals surface area contributed by atoms with Crippen LogP contribution in [-0.2, 0) is 9.59 Å². The Morgan fingerprint density at radius 2 is 1.07 bits per heavy atom. The van der Waals surface area contributed by atoms with Crippen LogP contribution in [0, 0.1) is 59.2 Å².